The van der Waals surface area contributed by atoms with Crippen LogP contribution in [0.25, 0.3) is 0 Å². The summed E-state index contributed by atoms with van der Waals surface area (Å²) in [6, 6.07) is 4.58. The van der Waals surface area contributed by atoms with E-state index in [9.17, 15) is 0 Å². The molecule has 3 nitrogen and oxygen atoms in total. The average molecular weight is 271 g/mol. The Morgan fingerprint density at radius 3 is 2.85 bits per heavy atom. The van der Waals surface area contributed by atoms with Crippen molar-refractivity contribution in [3.05, 3.63) is 22.8 Å². The second-order valence-electron chi connectivity index (χ2n) is 6.19. The molecule has 1 aliphatic carbocycles. The fourth-order valence-electron chi connectivity index (χ4n) is 3.70. The van der Waals surface area contributed by atoms with E-state index in [4.69, 9.17) is 14.7 Å². The molecule has 1 aliphatic heterocycles. The van der Waals surface area contributed by atoms with Crippen LogP contribution in [0.1, 0.15) is 61.6 Å². The molecule has 106 valence electrons. The number of nitriles is 1. The molecule has 0 saturated carbocycles. The third-order valence-corrected chi connectivity index (χ3v) is 4.80. The van der Waals surface area contributed by atoms with Crippen molar-refractivity contribution in [2.24, 2.45) is 5.92 Å². The van der Waals surface area contributed by atoms with Gasteiger partial charge in [-0.15, -0.1) is 0 Å². The Balaban J connectivity index is 2.11. The van der Waals surface area contributed by atoms with Gasteiger partial charge in [-0.05, 0) is 48.6 Å². The molecule has 0 N–H and O–H groups in total. The third kappa shape index (κ3) is 1.95. The minimum atomic E-state index is 0.331. The van der Waals surface area contributed by atoms with Crippen LogP contribution in [0.5, 0.6) is 11.5 Å². The van der Waals surface area contributed by atoms with Gasteiger partial charge in [0.05, 0.1) is 6.07 Å². The van der Waals surface area contributed by atoms with Gasteiger partial charge in [0.1, 0.15) is 0 Å². The zero-order valence-corrected chi connectivity index (χ0v) is 12.4. The molecule has 1 heterocycles. The van der Waals surface area contributed by atoms with Gasteiger partial charge in [0.25, 0.3) is 0 Å². The van der Waals surface area contributed by atoms with Crippen LogP contribution in [0, 0.1) is 24.2 Å². The van der Waals surface area contributed by atoms with Crippen molar-refractivity contribution in [3.8, 4) is 17.6 Å². The molecule has 20 heavy (non-hydrogen) atoms. The molecular weight excluding hydrogens is 250 g/mol. The molecule has 0 amide bonds. The van der Waals surface area contributed by atoms with Crippen molar-refractivity contribution < 1.29 is 9.47 Å². The molecule has 2 aliphatic rings. The first-order chi connectivity index (χ1) is 9.63. The molecule has 0 unspecified atom stereocenters. The Morgan fingerprint density at radius 2 is 2.10 bits per heavy atom. The maximum Gasteiger partial charge on any atom is 0.231 e. The van der Waals surface area contributed by atoms with Gasteiger partial charge in [0, 0.05) is 12.0 Å². The van der Waals surface area contributed by atoms with Crippen molar-refractivity contribution in [3.63, 3.8) is 0 Å². The van der Waals surface area contributed by atoms with Crippen LogP contribution in [0.3, 0.4) is 0 Å². The van der Waals surface area contributed by atoms with Gasteiger partial charge < -0.3 is 9.47 Å². The molecule has 3 heteroatoms. The molecule has 1 aromatic rings. The Bertz CT molecular complexity index is 573. The van der Waals surface area contributed by atoms with Crippen molar-refractivity contribution in [1.29, 1.82) is 5.26 Å². The quantitative estimate of drug-likeness (QED) is 0.807. The van der Waals surface area contributed by atoms with Crippen molar-refractivity contribution >= 4 is 0 Å². The maximum atomic E-state index is 8.98. The van der Waals surface area contributed by atoms with Crippen molar-refractivity contribution in [1.82, 2.24) is 0 Å². The van der Waals surface area contributed by atoms with Crippen LogP contribution in [-0.2, 0) is 0 Å². The number of hydrogen-bond acceptors (Lipinski definition) is 3. The molecule has 3 atom stereocenters. The second kappa shape index (κ2) is 5.01. The van der Waals surface area contributed by atoms with Crippen LogP contribution < -0.4 is 9.47 Å². The zero-order valence-electron chi connectivity index (χ0n) is 12.4. The van der Waals surface area contributed by atoms with E-state index in [2.05, 4.69) is 32.9 Å². The van der Waals surface area contributed by atoms with Crippen LogP contribution in [-0.4, -0.2) is 6.79 Å². The first-order valence-corrected chi connectivity index (χ1v) is 7.43. The topological polar surface area (TPSA) is 42.2 Å². The van der Waals surface area contributed by atoms with E-state index in [1.807, 2.05) is 0 Å². The average Bonchev–Trinajstić information content (AvgIpc) is 2.89. The van der Waals surface area contributed by atoms with Crippen molar-refractivity contribution in [2.45, 2.75) is 51.9 Å². The van der Waals surface area contributed by atoms with Crippen LogP contribution in [0.2, 0.25) is 0 Å². The highest BCUT2D eigenvalue weighted by Crippen LogP contribution is 2.52. The van der Waals surface area contributed by atoms with Gasteiger partial charge >= 0.3 is 0 Å². The number of benzene rings is 1. The summed E-state index contributed by atoms with van der Waals surface area (Å²) < 4.78 is 11.4. The number of nitrogens with zero attached hydrogens (tertiary/aromatic N) is 1. The summed E-state index contributed by atoms with van der Waals surface area (Å²) in [6.45, 7) is 6.87. The number of aryl methyl sites for hydroxylation is 1. The monoisotopic (exact) mass is 271 g/mol. The number of rotatable bonds is 2. The van der Waals surface area contributed by atoms with Gasteiger partial charge in [0.2, 0.25) is 6.79 Å². The Labute approximate surface area is 120 Å². The minimum Gasteiger partial charge on any atom is -0.453 e. The third-order valence-electron chi connectivity index (χ3n) is 4.80. The summed E-state index contributed by atoms with van der Waals surface area (Å²) in [5.74, 6) is 3.25. The van der Waals surface area contributed by atoms with Gasteiger partial charge in [-0.3, -0.25) is 0 Å². The summed E-state index contributed by atoms with van der Waals surface area (Å²) in [6.07, 6.45) is 2.94. The summed E-state index contributed by atoms with van der Waals surface area (Å²) >= 11 is 0. The van der Waals surface area contributed by atoms with Crippen LogP contribution >= 0.6 is 0 Å². The maximum absolute atomic E-state index is 8.98. The van der Waals surface area contributed by atoms with E-state index in [0.717, 1.165) is 29.9 Å². The lowest BCUT2D eigenvalue weighted by molar-refractivity contribution is 0.172. The summed E-state index contributed by atoms with van der Waals surface area (Å²) in [7, 11) is 0. The largest absolute Gasteiger partial charge is 0.453 e. The van der Waals surface area contributed by atoms with Crippen molar-refractivity contribution in [2.75, 3.05) is 6.79 Å². The SMILES string of the molecule is Cc1cc2c(c3c1OCO3)[C@@H](C)CC[C@@H]2[C@H](C)CC#N. The molecular formula is C17H21NO2. The van der Waals surface area contributed by atoms with Crippen LogP contribution in [0.15, 0.2) is 6.07 Å². The standard InChI is InChI=1S/C17H21NO2/c1-10(6-7-18)13-5-4-11(2)15-14(13)8-12(3)16-17(15)20-9-19-16/h8,10-11,13H,4-6,9H2,1-3H3/t10-,11+,13-/m1/s1. The number of hydrogen-bond donors (Lipinski definition) is 0. The van der Waals surface area contributed by atoms with E-state index in [1.165, 1.54) is 11.1 Å². The van der Waals surface area contributed by atoms with Gasteiger partial charge in [0.15, 0.2) is 11.5 Å². The molecule has 0 bridgehead atoms. The Hall–Kier alpha value is -1.69. The fourth-order valence-corrected chi connectivity index (χ4v) is 3.70. The van der Waals surface area contributed by atoms with E-state index in [1.54, 1.807) is 0 Å². The molecule has 0 radical (unpaired) electrons. The summed E-state index contributed by atoms with van der Waals surface area (Å²) in [5.41, 5.74) is 3.86. The first kappa shape index (κ1) is 13.3. The van der Waals surface area contributed by atoms with E-state index in [0.29, 0.717) is 31.0 Å². The predicted octanol–water partition coefficient (Wildman–Crippen LogP) is 4.25. The van der Waals surface area contributed by atoms with Gasteiger partial charge in [-0.25, -0.2) is 0 Å². The Kier molecular flexibility index (Phi) is 3.33. The minimum absolute atomic E-state index is 0.331. The van der Waals surface area contributed by atoms with E-state index >= 15 is 0 Å². The predicted molar refractivity (Wildman–Crippen MR) is 77.1 cm³/mol. The highest BCUT2D eigenvalue weighted by molar-refractivity contribution is 5.59. The summed E-state index contributed by atoms with van der Waals surface area (Å²) in [4.78, 5) is 0. The van der Waals surface area contributed by atoms with Gasteiger partial charge in [-0.1, -0.05) is 19.9 Å². The summed E-state index contributed by atoms with van der Waals surface area (Å²) in [5, 5.41) is 8.98. The first-order valence-electron chi connectivity index (χ1n) is 7.43. The lowest BCUT2D eigenvalue weighted by Crippen LogP contribution is -2.19. The molecule has 0 fully saturated rings. The lowest BCUT2D eigenvalue weighted by Gasteiger charge is -2.34. The highest BCUT2D eigenvalue weighted by atomic mass is 16.7. The molecule has 0 spiro atoms. The van der Waals surface area contributed by atoms with E-state index in [-0.39, 0.29) is 0 Å². The molecule has 1 aromatic carbocycles. The van der Waals surface area contributed by atoms with Crippen LogP contribution in [0.4, 0.5) is 0 Å². The molecule has 3 rings (SSSR count). The fraction of sp³-hybridized carbons (Fsp3) is 0.588. The second-order valence-corrected chi connectivity index (χ2v) is 6.19. The number of ether oxygens (including phenoxy) is 2. The molecule has 0 saturated heterocycles. The Morgan fingerprint density at radius 1 is 1.35 bits per heavy atom. The smallest absolute Gasteiger partial charge is 0.231 e. The molecule has 0 aromatic heterocycles. The zero-order chi connectivity index (χ0) is 14.3. The normalized spacial score (nSPS) is 24.9. The number of fused-ring (bicyclic) bond motifs is 3. The lowest BCUT2D eigenvalue weighted by atomic mass is 9.71. The highest BCUT2D eigenvalue weighted by Gasteiger charge is 2.34. The van der Waals surface area contributed by atoms with E-state index < -0.39 is 0 Å². The van der Waals surface area contributed by atoms with Gasteiger partial charge in [-0.2, -0.15) is 5.26 Å².